The number of nitrogens with one attached hydrogen (secondary N) is 1. The van der Waals surface area contributed by atoms with Crippen LogP contribution in [0.3, 0.4) is 0 Å². The molecule has 2 heterocycles. The lowest BCUT2D eigenvalue weighted by molar-refractivity contribution is -0.113. The Kier molecular flexibility index (Phi) is 5.24. The molecule has 0 fully saturated rings. The second kappa shape index (κ2) is 7.40. The summed E-state index contributed by atoms with van der Waals surface area (Å²) in [5.41, 5.74) is 0.837. The van der Waals surface area contributed by atoms with E-state index in [0.29, 0.717) is 11.0 Å². The number of rotatable bonds is 6. The zero-order valence-electron chi connectivity index (χ0n) is 14.4. The van der Waals surface area contributed by atoms with Crippen molar-refractivity contribution in [2.45, 2.75) is 24.9 Å². The van der Waals surface area contributed by atoms with E-state index < -0.39 is 0 Å². The van der Waals surface area contributed by atoms with E-state index in [0.717, 1.165) is 26.9 Å². The molecule has 132 valence electrons. The molecule has 0 aliphatic rings. The quantitative estimate of drug-likeness (QED) is 0.664. The first-order chi connectivity index (χ1) is 12.0. The zero-order valence-corrected chi connectivity index (χ0v) is 16.1. The third-order valence-corrected chi connectivity index (χ3v) is 5.51. The summed E-state index contributed by atoms with van der Waals surface area (Å²) in [5, 5.41) is 12.4. The fraction of sp³-hybridized carbons (Fsp3) is 0.375. The number of benzene rings is 1. The van der Waals surface area contributed by atoms with Gasteiger partial charge in [-0.2, -0.15) is 0 Å². The molecule has 1 amide bonds. The van der Waals surface area contributed by atoms with Gasteiger partial charge in [-0.05, 0) is 18.2 Å². The summed E-state index contributed by atoms with van der Waals surface area (Å²) in [6.07, 6.45) is 0. The Labute approximate surface area is 153 Å². The van der Waals surface area contributed by atoms with Crippen LogP contribution in [0.15, 0.2) is 23.4 Å². The molecule has 0 saturated carbocycles. The SMILES string of the molecule is COc1ccc2nc(NC(=O)CSc3nnc(C(C)C)n3C)sc2c1. The molecule has 0 spiro atoms. The monoisotopic (exact) mass is 377 g/mol. The zero-order chi connectivity index (χ0) is 18.0. The van der Waals surface area contributed by atoms with Crippen LogP contribution in [0.2, 0.25) is 0 Å². The highest BCUT2D eigenvalue weighted by Gasteiger charge is 2.14. The van der Waals surface area contributed by atoms with Crippen molar-refractivity contribution >= 4 is 44.4 Å². The van der Waals surface area contributed by atoms with Crippen molar-refractivity contribution in [2.24, 2.45) is 7.05 Å². The Morgan fingerprint density at radius 1 is 1.40 bits per heavy atom. The molecule has 9 heteroatoms. The highest BCUT2D eigenvalue weighted by molar-refractivity contribution is 7.99. The maximum absolute atomic E-state index is 12.2. The summed E-state index contributed by atoms with van der Waals surface area (Å²) in [7, 11) is 3.54. The first-order valence-electron chi connectivity index (χ1n) is 7.74. The molecule has 1 N–H and O–H groups in total. The summed E-state index contributed by atoms with van der Waals surface area (Å²) in [4.78, 5) is 16.6. The second-order valence-corrected chi connectivity index (χ2v) is 7.72. The van der Waals surface area contributed by atoms with Gasteiger partial charge in [0.05, 0.1) is 23.1 Å². The lowest BCUT2D eigenvalue weighted by atomic mass is 10.2. The average molecular weight is 377 g/mol. The highest BCUT2D eigenvalue weighted by atomic mass is 32.2. The van der Waals surface area contributed by atoms with Crippen LogP contribution in [0.1, 0.15) is 25.6 Å². The van der Waals surface area contributed by atoms with Gasteiger partial charge in [-0.25, -0.2) is 4.98 Å². The van der Waals surface area contributed by atoms with Gasteiger partial charge in [-0.3, -0.25) is 4.79 Å². The van der Waals surface area contributed by atoms with Gasteiger partial charge >= 0.3 is 0 Å². The number of anilines is 1. The van der Waals surface area contributed by atoms with Crippen LogP contribution in [0.5, 0.6) is 5.75 Å². The maximum Gasteiger partial charge on any atom is 0.236 e. The predicted octanol–water partition coefficient (Wildman–Crippen LogP) is 3.29. The molecule has 2 aromatic heterocycles. The van der Waals surface area contributed by atoms with Crippen LogP contribution >= 0.6 is 23.1 Å². The number of hydrogen-bond acceptors (Lipinski definition) is 7. The minimum absolute atomic E-state index is 0.120. The Morgan fingerprint density at radius 3 is 2.88 bits per heavy atom. The van der Waals surface area contributed by atoms with Gasteiger partial charge in [0.15, 0.2) is 10.3 Å². The smallest absolute Gasteiger partial charge is 0.236 e. The molecule has 0 unspecified atom stereocenters. The Hall–Kier alpha value is -2.13. The predicted molar refractivity (Wildman–Crippen MR) is 101 cm³/mol. The topological polar surface area (TPSA) is 81.9 Å². The molecule has 0 bridgehead atoms. The Bertz CT molecular complexity index is 903. The molecule has 0 radical (unpaired) electrons. The number of nitrogens with zero attached hydrogens (tertiary/aromatic N) is 4. The average Bonchev–Trinajstić information content (AvgIpc) is 3.14. The molecule has 0 atom stereocenters. The van der Waals surface area contributed by atoms with Gasteiger partial charge < -0.3 is 14.6 Å². The Balaban J connectivity index is 1.63. The number of amides is 1. The van der Waals surface area contributed by atoms with Gasteiger partial charge in [0.1, 0.15) is 11.6 Å². The molecule has 25 heavy (non-hydrogen) atoms. The van der Waals surface area contributed by atoms with Crippen LogP contribution in [0.4, 0.5) is 5.13 Å². The van der Waals surface area contributed by atoms with Crippen molar-refractivity contribution in [3.8, 4) is 5.75 Å². The van der Waals surface area contributed by atoms with E-state index in [-0.39, 0.29) is 11.7 Å². The van der Waals surface area contributed by atoms with Crippen LogP contribution in [0.25, 0.3) is 10.2 Å². The number of thioether (sulfide) groups is 1. The number of methoxy groups -OCH3 is 1. The van der Waals surface area contributed by atoms with Crippen molar-refractivity contribution in [3.63, 3.8) is 0 Å². The molecular formula is C16H19N5O2S2. The van der Waals surface area contributed by atoms with E-state index in [4.69, 9.17) is 4.74 Å². The highest BCUT2D eigenvalue weighted by Crippen LogP contribution is 2.29. The summed E-state index contributed by atoms with van der Waals surface area (Å²) in [5.74, 6) is 2.10. The van der Waals surface area contributed by atoms with Crippen molar-refractivity contribution in [1.29, 1.82) is 0 Å². The van der Waals surface area contributed by atoms with Crippen LogP contribution in [0, 0.1) is 0 Å². The van der Waals surface area contributed by atoms with Crippen molar-refractivity contribution in [2.75, 3.05) is 18.2 Å². The molecular weight excluding hydrogens is 358 g/mol. The van der Waals surface area contributed by atoms with Crippen LogP contribution in [-0.4, -0.2) is 38.5 Å². The van der Waals surface area contributed by atoms with Crippen molar-refractivity contribution in [3.05, 3.63) is 24.0 Å². The molecule has 3 aromatic rings. The number of carbonyl (C=O) groups excluding carboxylic acids is 1. The lowest BCUT2D eigenvalue weighted by Crippen LogP contribution is -2.14. The molecule has 0 saturated heterocycles. The Morgan fingerprint density at radius 2 is 2.20 bits per heavy atom. The summed E-state index contributed by atoms with van der Waals surface area (Å²) >= 11 is 2.78. The largest absolute Gasteiger partial charge is 0.497 e. The number of fused-ring (bicyclic) bond motifs is 1. The third kappa shape index (κ3) is 3.93. The van der Waals surface area contributed by atoms with Crippen LogP contribution < -0.4 is 10.1 Å². The summed E-state index contributed by atoms with van der Waals surface area (Å²) in [6.45, 7) is 4.13. The van der Waals surface area contributed by atoms with Crippen LogP contribution in [-0.2, 0) is 11.8 Å². The summed E-state index contributed by atoms with van der Waals surface area (Å²) in [6, 6.07) is 5.64. The maximum atomic E-state index is 12.2. The van der Waals surface area contributed by atoms with E-state index in [1.165, 1.54) is 23.1 Å². The fourth-order valence-electron chi connectivity index (χ4n) is 2.33. The lowest BCUT2D eigenvalue weighted by Gasteiger charge is -2.05. The molecule has 0 aliphatic heterocycles. The molecule has 1 aromatic carbocycles. The minimum atomic E-state index is -0.120. The van der Waals surface area contributed by atoms with Gasteiger partial charge in [0.25, 0.3) is 0 Å². The van der Waals surface area contributed by atoms with E-state index >= 15 is 0 Å². The van der Waals surface area contributed by atoms with E-state index in [1.807, 2.05) is 29.8 Å². The van der Waals surface area contributed by atoms with Crippen molar-refractivity contribution in [1.82, 2.24) is 19.7 Å². The number of hydrogen-bond donors (Lipinski definition) is 1. The third-order valence-electron chi connectivity index (χ3n) is 3.56. The van der Waals surface area contributed by atoms with Gasteiger partial charge in [0.2, 0.25) is 5.91 Å². The van der Waals surface area contributed by atoms with E-state index in [2.05, 4.69) is 34.3 Å². The number of carbonyl (C=O) groups is 1. The minimum Gasteiger partial charge on any atom is -0.497 e. The number of aromatic nitrogens is 4. The molecule has 7 nitrogen and oxygen atoms in total. The van der Waals surface area contributed by atoms with Gasteiger partial charge in [-0.1, -0.05) is 36.9 Å². The normalized spacial score (nSPS) is 11.2. The van der Waals surface area contributed by atoms with E-state index in [1.54, 1.807) is 7.11 Å². The second-order valence-electron chi connectivity index (χ2n) is 5.74. The van der Waals surface area contributed by atoms with Crippen molar-refractivity contribution < 1.29 is 9.53 Å². The van der Waals surface area contributed by atoms with Gasteiger partial charge in [-0.15, -0.1) is 10.2 Å². The van der Waals surface area contributed by atoms with Gasteiger partial charge in [0, 0.05) is 13.0 Å². The van der Waals surface area contributed by atoms with E-state index in [9.17, 15) is 4.79 Å². The standard InChI is InChI=1S/C16H19N5O2S2/c1-9(2)14-19-20-16(21(14)3)24-8-13(22)18-15-17-11-6-5-10(23-4)7-12(11)25-15/h5-7,9H,8H2,1-4H3,(H,17,18,22). The molecule has 0 aliphatic carbocycles. The fourth-order valence-corrected chi connectivity index (χ4v) is 3.95. The number of ether oxygens (including phenoxy) is 1. The first-order valence-corrected chi connectivity index (χ1v) is 9.54. The number of thiazole rings is 1. The molecule has 3 rings (SSSR count). The first kappa shape index (κ1) is 17.7. The summed E-state index contributed by atoms with van der Waals surface area (Å²) < 4.78 is 8.10.